The fourth-order valence-electron chi connectivity index (χ4n) is 1.02. The Bertz CT molecular complexity index is 78.8. The van der Waals surface area contributed by atoms with Gasteiger partial charge in [-0.1, -0.05) is 51.7 Å². The molecule has 0 aliphatic carbocycles. The molecule has 0 nitrogen and oxygen atoms in total. The molecule has 0 saturated carbocycles. The summed E-state index contributed by atoms with van der Waals surface area (Å²) in [6, 6.07) is 0. The highest BCUT2D eigenvalue weighted by molar-refractivity contribution is 7.78. The van der Waals surface area contributed by atoms with Gasteiger partial charge in [0.25, 0.3) is 0 Å². The third kappa shape index (κ3) is 6.21. The molecule has 0 aromatic carbocycles. The predicted octanol–water partition coefficient (Wildman–Crippen LogP) is 3.59. The fraction of sp³-hybridized carbons (Fsp3) is 0.889. The number of thiocarbonyl (C=S) groups is 1. The molecular formula is C9H18S. The Morgan fingerprint density at radius 2 is 2.10 bits per heavy atom. The van der Waals surface area contributed by atoms with Crippen LogP contribution in [0.1, 0.15) is 46.0 Å². The minimum absolute atomic E-state index is 0.809. The van der Waals surface area contributed by atoms with E-state index in [1.807, 2.05) is 5.37 Å². The van der Waals surface area contributed by atoms with Gasteiger partial charge < -0.3 is 0 Å². The van der Waals surface area contributed by atoms with E-state index in [4.69, 9.17) is 12.2 Å². The third-order valence-electron chi connectivity index (χ3n) is 1.80. The van der Waals surface area contributed by atoms with E-state index in [-0.39, 0.29) is 0 Å². The maximum atomic E-state index is 4.78. The molecule has 0 aliphatic rings. The van der Waals surface area contributed by atoms with Gasteiger partial charge in [0.15, 0.2) is 0 Å². The number of hydrogen-bond donors (Lipinski definition) is 0. The predicted molar refractivity (Wildman–Crippen MR) is 51.6 cm³/mol. The largest absolute Gasteiger partial charge is 0.0935 e. The van der Waals surface area contributed by atoms with Gasteiger partial charge in [0.05, 0.1) is 0 Å². The van der Waals surface area contributed by atoms with E-state index < -0.39 is 0 Å². The summed E-state index contributed by atoms with van der Waals surface area (Å²) >= 11 is 4.78. The summed E-state index contributed by atoms with van der Waals surface area (Å²) in [5.74, 6) is 0.809. The van der Waals surface area contributed by atoms with E-state index in [1.165, 1.54) is 25.7 Å². The smallest absolute Gasteiger partial charge is 0.0208 e. The molecule has 10 heavy (non-hydrogen) atoms. The molecule has 0 aromatic rings. The molecule has 0 amide bonds. The van der Waals surface area contributed by atoms with Crippen molar-refractivity contribution in [3.63, 3.8) is 0 Å². The first-order chi connectivity index (χ1) is 4.81. The van der Waals surface area contributed by atoms with Crippen molar-refractivity contribution in [1.29, 1.82) is 0 Å². The molecule has 1 heteroatoms. The Kier molecular flexibility index (Phi) is 7.26. The Morgan fingerprint density at radius 3 is 2.60 bits per heavy atom. The normalized spacial score (nSPS) is 13.0. The lowest BCUT2D eigenvalue weighted by Crippen LogP contribution is -1.93. The quantitative estimate of drug-likeness (QED) is 0.420. The van der Waals surface area contributed by atoms with Gasteiger partial charge in [-0.15, -0.1) is 0 Å². The average molecular weight is 158 g/mol. The van der Waals surface area contributed by atoms with Crippen molar-refractivity contribution in [3.8, 4) is 0 Å². The maximum absolute atomic E-state index is 4.78. The van der Waals surface area contributed by atoms with Crippen LogP contribution in [0.3, 0.4) is 0 Å². The Morgan fingerprint density at radius 1 is 1.40 bits per heavy atom. The first kappa shape index (κ1) is 10.1. The summed E-state index contributed by atoms with van der Waals surface area (Å²) in [6.45, 7) is 4.52. The molecule has 0 heterocycles. The standard InChI is InChI=1S/C9H18S/c1-3-4-5-6-9(2)7-8-10/h8-9H,3-7H2,1-2H3. The van der Waals surface area contributed by atoms with Crippen LogP contribution in [0.25, 0.3) is 0 Å². The second kappa shape index (κ2) is 7.20. The van der Waals surface area contributed by atoms with Crippen molar-refractivity contribution in [2.75, 3.05) is 0 Å². The van der Waals surface area contributed by atoms with Crippen LogP contribution in [0.15, 0.2) is 0 Å². The van der Waals surface area contributed by atoms with Gasteiger partial charge >= 0.3 is 0 Å². The summed E-state index contributed by atoms with van der Waals surface area (Å²) in [6.07, 6.45) is 6.53. The highest BCUT2D eigenvalue weighted by Gasteiger charge is 1.97. The van der Waals surface area contributed by atoms with Gasteiger partial charge in [-0.3, -0.25) is 0 Å². The van der Waals surface area contributed by atoms with E-state index in [2.05, 4.69) is 13.8 Å². The van der Waals surface area contributed by atoms with Crippen molar-refractivity contribution in [1.82, 2.24) is 0 Å². The van der Waals surface area contributed by atoms with Crippen LogP contribution in [-0.4, -0.2) is 5.37 Å². The summed E-state index contributed by atoms with van der Waals surface area (Å²) in [7, 11) is 0. The van der Waals surface area contributed by atoms with Gasteiger partial charge in [0.1, 0.15) is 0 Å². The van der Waals surface area contributed by atoms with E-state index in [0.29, 0.717) is 0 Å². The molecule has 0 bridgehead atoms. The average Bonchev–Trinajstić information content (AvgIpc) is 1.89. The molecule has 1 atom stereocenters. The molecule has 1 unspecified atom stereocenters. The molecule has 0 radical (unpaired) electrons. The molecule has 0 rings (SSSR count). The highest BCUT2D eigenvalue weighted by Crippen LogP contribution is 2.11. The zero-order valence-electron chi connectivity index (χ0n) is 7.10. The first-order valence-corrected chi connectivity index (χ1v) is 4.72. The molecular weight excluding hydrogens is 140 g/mol. The van der Waals surface area contributed by atoms with E-state index in [0.717, 1.165) is 12.3 Å². The lowest BCUT2D eigenvalue weighted by molar-refractivity contribution is 0.515. The van der Waals surface area contributed by atoms with Crippen molar-refractivity contribution < 1.29 is 0 Å². The summed E-state index contributed by atoms with van der Waals surface area (Å²) in [5, 5.41) is 1.86. The number of hydrogen-bond acceptors (Lipinski definition) is 1. The molecule has 60 valence electrons. The van der Waals surface area contributed by atoms with E-state index >= 15 is 0 Å². The Labute approximate surface area is 70.0 Å². The molecule has 0 aliphatic heterocycles. The van der Waals surface area contributed by atoms with Gasteiger partial charge in [-0.25, -0.2) is 0 Å². The summed E-state index contributed by atoms with van der Waals surface area (Å²) in [5.41, 5.74) is 0. The van der Waals surface area contributed by atoms with Crippen molar-refractivity contribution in [2.45, 2.75) is 46.0 Å². The van der Waals surface area contributed by atoms with E-state index in [1.54, 1.807) is 0 Å². The minimum atomic E-state index is 0.809. The number of unbranched alkanes of at least 4 members (excludes halogenated alkanes) is 2. The van der Waals surface area contributed by atoms with Crippen LogP contribution < -0.4 is 0 Å². The first-order valence-electron chi connectivity index (χ1n) is 4.24. The molecule has 0 fully saturated rings. The van der Waals surface area contributed by atoms with Crippen LogP contribution in [0.4, 0.5) is 0 Å². The second-order valence-electron chi connectivity index (χ2n) is 3.00. The van der Waals surface area contributed by atoms with Crippen LogP contribution in [0.5, 0.6) is 0 Å². The topological polar surface area (TPSA) is 0 Å². The molecule has 0 spiro atoms. The van der Waals surface area contributed by atoms with Crippen LogP contribution in [0.2, 0.25) is 0 Å². The maximum Gasteiger partial charge on any atom is -0.0208 e. The van der Waals surface area contributed by atoms with Crippen LogP contribution >= 0.6 is 12.2 Å². The zero-order chi connectivity index (χ0) is 7.82. The van der Waals surface area contributed by atoms with Crippen molar-refractivity contribution in [2.24, 2.45) is 5.92 Å². The summed E-state index contributed by atoms with van der Waals surface area (Å²) < 4.78 is 0. The number of rotatable bonds is 6. The van der Waals surface area contributed by atoms with Gasteiger partial charge in [0.2, 0.25) is 0 Å². The molecule has 0 saturated heterocycles. The van der Waals surface area contributed by atoms with Gasteiger partial charge in [0, 0.05) is 0 Å². The third-order valence-corrected chi connectivity index (χ3v) is 1.99. The Balaban J connectivity index is 3.04. The fourth-order valence-corrected chi connectivity index (χ4v) is 1.35. The Hall–Kier alpha value is 0.0900. The highest BCUT2D eigenvalue weighted by atomic mass is 32.1. The van der Waals surface area contributed by atoms with Crippen LogP contribution in [0, 0.1) is 5.92 Å². The van der Waals surface area contributed by atoms with Crippen molar-refractivity contribution >= 4 is 17.6 Å². The van der Waals surface area contributed by atoms with Crippen molar-refractivity contribution in [3.05, 3.63) is 0 Å². The van der Waals surface area contributed by atoms with Gasteiger partial charge in [-0.05, 0) is 17.7 Å². The SMILES string of the molecule is CCCCCC(C)CC=S. The van der Waals surface area contributed by atoms with Crippen LogP contribution in [-0.2, 0) is 0 Å². The molecule has 0 aromatic heterocycles. The lowest BCUT2D eigenvalue weighted by atomic mass is 10.0. The minimum Gasteiger partial charge on any atom is -0.0935 e. The van der Waals surface area contributed by atoms with E-state index in [9.17, 15) is 0 Å². The monoisotopic (exact) mass is 158 g/mol. The second-order valence-corrected chi connectivity index (χ2v) is 3.34. The zero-order valence-corrected chi connectivity index (χ0v) is 7.91. The van der Waals surface area contributed by atoms with Gasteiger partial charge in [-0.2, -0.15) is 0 Å². The lowest BCUT2D eigenvalue weighted by Gasteiger charge is -2.05. The molecule has 0 N–H and O–H groups in total. The summed E-state index contributed by atoms with van der Waals surface area (Å²) in [4.78, 5) is 0.